The van der Waals surface area contributed by atoms with Crippen molar-refractivity contribution in [2.75, 3.05) is 43.1 Å². The second-order valence-corrected chi connectivity index (χ2v) is 5.73. The molecule has 138 valence electrons. The van der Waals surface area contributed by atoms with Crippen LogP contribution in [0.1, 0.15) is 0 Å². The van der Waals surface area contributed by atoms with Gasteiger partial charge in [-0.2, -0.15) is 5.10 Å². The Hall–Kier alpha value is -2.94. The van der Waals surface area contributed by atoms with E-state index in [0.29, 0.717) is 43.4 Å². The largest absolute Gasteiger partial charge is 0.484 e. The first-order valence-corrected chi connectivity index (χ1v) is 8.12. The van der Waals surface area contributed by atoms with E-state index >= 15 is 0 Å². The molecule has 0 atom stereocenters. The molecule has 1 N–H and O–H groups in total. The number of aromatic nitrogens is 2. The molecule has 1 aliphatic heterocycles. The predicted molar refractivity (Wildman–Crippen MR) is 93.0 cm³/mol. The van der Waals surface area contributed by atoms with Crippen LogP contribution in [-0.2, 0) is 16.6 Å². The van der Waals surface area contributed by atoms with Crippen molar-refractivity contribution in [1.82, 2.24) is 9.78 Å². The molecule has 1 saturated heterocycles. The Morgan fingerprint density at radius 2 is 2.00 bits per heavy atom. The van der Waals surface area contributed by atoms with E-state index in [4.69, 9.17) is 9.47 Å². The van der Waals surface area contributed by atoms with Gasteiger partial charge in [0.1, 0.15) is 17.3 Å². The van der Waals surface area contributed by atoms with Gasteiger partial charge in [0.15, 0.2) is 6.61 Å². The predicted octanol–water partition coefficient (Wildman–Crippen LogP) is 0.773. The summed E-state index contributed by atoms with van der Waals surface area (Å²) in [4.78, 5) is 26.5. The number of nitrogens with one attached hydrogen (secondary N) is 1. The summed E-state index contributed by atoms with van der Waals surface area (Å²) in [6, 6.07) is 5.35. The van der Waals surface area contributed by atoms with Gasteiger partial charge in [-0.25, -0.2) is 9.07 Å². The second kappa shape index (κ2) is 7.96. The molecule has 8 nitrogen and oxygen atoms in total. The first-order valence-electron chi connectivity index (χ1n) is 8.12. The molecule has 0 bridgehead atoms. The van der Waals surface area contributed by atoms with E-state index < -0.39 is 5.91 Å². The molecule has 0 aliphatic carbocycles. The Balaban J connectivity index is 1.72. The Labute approximate surface area is 149 Å². The summed E-state index contributed by atoms with van der Waals surface area (Å²) in [5, 5.41) is 6.63. The highest BCUT2D eigenvalue weighted by Gasteiger charge is 2.21. The van der Waals surface area contributed by atoms with Crippen LogP contribution >= 0.6 is 0 Å². The molecule has 1 aromatic heterocycles. The number of halogens is 1. The maximum atomic E-state index is 12.9. The fourth-order valence-corrected chi connectivity index (χ4v) is 2.58. The van der Waals surface area contributed by atoms with Crippen LogP contribution in [0.25, 0.3) is 0 Å². The van der Waals surface area contributed by atoms with Crippen LogP contribution < -0.4 is 20.5 Å². The molecule has 0 unspecified atom stereocenters. The summed E-state index contributed by atoms with van der Waals surface area (Å²) in [5.41, 5.74) is 0.396. The Bertz CT molecular complexity index is 832. The van der Waals surface area contributed by atoms with E-state index in [2.05, 4.69) is 10.4 Å². The van der Waals surface area contributed by atoms with Gasteiger partial charge in [-0.15, -0.1) is 0 Å². The van der Waals surface area contributed by atoms with Crippen LogP contribution in [0.3, 0.4) is 0 Å². The van der Waals surface area contributed by atoms with Crippen molar-refractivity contribution in [3.63, 3.8) is 0 Å². The van der Waals surface area contributed by atoms with Crippen molar-refractivity contribution in [3.8, 4) is 5.75 Å². The summed E-state index contributed by atoms with van der Waals surface area (Å²) in [6.07, 6.45) is 1.43. The third kappa shape index (κ3) is 4.17. The minimum atomic E-state index is -0.445. The van der Waals surface area contributed by atoms with Crippen molar-refractivity contribution in [2.24, 2.45) is 7.05 Å². The molecule has 1 aromatic carbocycles. The summed E-state index contributed by atoms with van der Waals surface area (Å²) in [6.45, 7) is 1.84. The number of benzene rings is 1. The number of carbonyl (C=O) groups is 1. The average molecular weight is 362 g/mol. The highest BCUT2D eigenvalue weighted by molar-refractivity contribution is 5.94. The van der Waals surface area contributed by atoms with Gasteiger partial charge in [-0.1, -0.05) is 0 Å². The standard InChI is InChI=1S/C17H19FN4O4/c1-21-17(24)16(22-6-8-25-9-7-22)14(10-19-21)20-15(23)11-26-13-4-2-12(18)3-5-13/h2-5,10H,6-9,11H2,1H3,(H,20,23). The first-order chi connectivity index (χ1) is 12.5. The second-order valence-electron chi connectivity index (χ2n) is 5.73. The van der Waals surface area contributed by atoms with Gasteiger partial charge in [-0.3, -0.25) is 9.59 Å². The van der Waals surface area contributed by atoms with Crippen molar-refractivity contribution >= 4 is 17.3 Å². The van der Waals surface area contributed by atoms with E-state index in [1.807, 2.05) is 4.90 Å². The fourth-order valence-electron chi connectivity index (χ4n) is 2.58. The Morgan fingerprint density at radius 1 is 1.31 bits per heavy atom. The van der Waals surface area contributed by atoms with Gasteiger partial charge in [-0.05, 0) is 24.3 Å². The van der Waals surface area contributed by atoms with Crippen molar-refractivity contribution in [1.29, 1.82) is 0 Å². The van der Waals surface area contributed by atoms with E-state index in [-0.39, 0.29) is 18.0 Å². The van der Waals surface area contributed by atoms with Crippen LogP contribution in [-0.4, -0.2) is 48.6 Å². The summed E-state index contributed by atoms with van der Waals surface area (Å²) in [5.74, 6) is -0.459. The Kier molecular flexibility index (Phi) is 5.47. The van der Waals surface area contributed by atoms with Gasteiger partial charge < -0.3 is 19.7 Å². The third-order valence-corrected chi connectivity index (χ3v) is 3.90. The number of amides is 1. The molecule has 2 heterocycles. The zero-order valence-electron chi connectivity index (χ0n) is 14.3. The molecule has 0 spiro atoms. The maximum absolute atomic E-state index is 12.9. The van der Waals surface area contributed by atoms with Gasteiger partial charge in [0.25, 0.3) is 11.5 Å². The average Bonchev–Trinajstić information content (AvgIpc) is 2.65. The van der Waals surface area contributed by atoms with Gasteiger partial charge >= 0.3 is 0 Å². The van der Waals surface area contributed by atoms with Crippen molar-refractivity contribution in [2.45, 2.75) is 0 Å². The lowest BCUT2D eigenvalue weighted by atomic mass is 10.3. The monoisotopic (exact) mass is 362 g/mol. The molecule has 1 fully saturated rings. The van der Waals surface area contributed by atoms with E-state index in [1.54, 1.807) is 7.05 Å². The number of hydrogen-bond acceptors (Lipinski definition) is 6. The quantitative estimate of drug-likeness (QED) is 0.846. The number of ether oxygens (including phenoxy) is 2. The minimum absolute atomic E-state index is 0.274. The molecule has 1 aliphatic rings. The van der Waals surface area contributed by atoms with Crippen molar-refractivity contribution in [3.05, 3.63) is 46.6 Å². The highest BCUT2D eigenvalue weighted by Crippen LogP contribution is 2.21. The highest BCUT2D eigenvalue weighted by atomic mass is 19.1. The summed E-state index contributed by atoms with van der Waals surface area (Å²) < 4.78 is 24.7. The van der Waals surface area contributed by atoms with Crippen LogP contribution in [0.2, 0.25) is 0 Å². The Morgan fingerprint density at radius 3 is 2.69 bits per heavy atom. The van der Waals surface area contributed by atoms with Gasteiger partial charge in [0, 0.05) is 20.1 Å². The van der Waals surface area contributed by atoms with Crippen LogP contribution in [0.5, 0.6) is 5.75 Å². The summed E-state index contributed by atoms with van der Waals surface area (Å²) >= 11 is 0. The molecule has 9 heteroatoms. The lowest BCUT2D eigenvalue weighted by Crippen LogP contribution is -2.41. The lowest BCUT2D eigenvalue weighted by molar-refractivity contribution is -0.118. The van der Waals surface area contributed by atoms with Crippen LogP contribution in [0.4, 0.5) is 15.8 Å². The van der Waals surface area contributed by atoms with Crippen molar-refractivity contribution < 1.29 is 18.7 Å². The molecule has 0 radical (unpaired) electrons. The number of morpholine rings is 1. The van der Waals surface area contributed by atoms with Crippen LogP contribution in [0, 0.1) is 5.82 Å². The van der Waals surface area contributed by atoms with E-state index in [9.17, 15) is 14.0 Å². The lowest BCUT2D eigenvalue weighted by Gasteiger charge is -2.29. The first kappa shape index (κ1) is 17.9. The molecular formula is C17H19FN4O4. The number of carbonyl (C=O) groups excluding carboxylic acids is 1. The number of anilines is 2. The molecule has 0 saturated carbocycles. The number of rotatable bonds is 5. The topological polar surface area (TPSA) is 85.7 Å². The summed E-state index contributed by atoms with van der Waals surface area (Å²) in [7, 11) is 1.55. The zero-order chi connectivity index (χ0) is 18.5. The molecule has 26 heavy (non-hydrogen) atoms. The SMILES string of the molecule is Cn1ncc(NC(=O)COc2ccc(F)cc2)c(N2CCOCC2)c1=O. The normalized spacial score (nSPS) is 14.2. The van der Waals surface area contributed by atoms with Crippen LogP contribution in [0.15, 0.2) is 35.3 Å². The fraction of sp³-hybridized carbons (Fsp3) is 0.353. The molecule has 1 amide bonds. The number of nitrogens with zero attached hydrogens (tertiary/aromatic N) is 3. The van der Waals surface area contributed by atoms with E-state index in [0.717, 1.165) is 0 Å². The zero-order valence-corrected chi connectivity index (χ0v) is 14.3. The molecule has 2 aromatic rings. The smallest absolute Gasteiger partial charge is 0.292 e. The molecular weight excluding hydrogens is 343 g/mol. The van der Waals surface area contributed by atoms with Gasteiger partial charge in [0.05, 0.1) is 25.1 Å². The van der Waals surface area contributed by atoms with E-state index in [1.165, 1.54) is 35.1 Å². The number of hydrogen-bond donors (Lipinski definition) is 1. The minimum Gasteiger partial charge on any atom is -0.484 e. The number of aryl methyl sites for hydroxylation is 1. The van der Waals surface area contributed by atoms with Gasteiger partial charge in [0.2, 0.25) is 0 Å². The molecule has 3 rings (SSSR count). The third-order valence-electron chi connectivity index (χ3n) is 3.90. The maximum Gasteiger partial charge on any atom is 0.292 e.